The van der Waals surface area contributed by atoms with Crippen molar-refractivity contribution in [1.82, 2.24) is 4.90 Å². The van der Waals surface area contributed by atoms with E-state index in [1.165, 1.54) is 12.5 Å². The zero-order chi connectivity index (χ0) is 20.6. The summed E-state index contributed by atoms with van der Waals surface area (Å²) in [6.07, 6.45) is 9.54. The first-order chi connectivity index (χ1) is 14.1. The summed E-state index contributed by atoms with van der Waals surface area (Å²) in [5.41, 5.74) is 1.87. The number of esters is 1. The van der Waals surface area contributed by atoms with E-state index in [1.54, 1.807) is 6.08 Å². The van der Waals surface area contributed by atoms with Gasteiger partial charge < -0.3 is 19.1 Å². The lowest BCUT2D eigenvalue weighted by atomic mass is 10.1. The monoisotopic (exact) mass is 401 g/mol. The number of nitrogens with zero attached hydrogens (tertiary/aromatic N) is 1. The number of carbonyl (C=O) groups is 2. The minimum Gasteiger partial charge on any atom is -0.493 e. The molecule has 1 saturated heterocycles. The van der Waals surface area contributed by atoms with E-state index in [9.17, 15) is 9.59 Å². The summed E-state index contributed by atoms with van der Waals surface area (Å²) >= 11 is 0. The molecule has 0 aromatic heterocycles. The number of ether oxygens (including phenoxy) is 3. The normalized spacial score (nSPS) is 19.2. The van der Waals surface area contributed by atoms with Crippen LogP contribution in [0.5, 0.6) is 11.5 Å². The van der Waals surface area contributed by atoms with Gasteiger partial charge in [0, 0.05) is 36.7 Å². The predicted molar refractivity (Wildman–Crippen MR) is 111 cm³/mol. The van der Waals surface area contributed by atoms with Crippen LogP contribution in [0.25, 0.3) is 6.08 Å². The molecule has 0 radical (unpaired) electrons. The molecule has 1 atom stereocenters. The summed E-state index contributed by atoms with van der Waals surface area (Å²) in [4.78, 5) is 26.3. The molecule has 6 nitrogen and oxygen atoms in total. The molecule has 1 fully saturated rings. The van der Waals surface area contributed by atoms with Crippen LogP contribution in [0.3, 0.4) is 0 Å². The van der Waals surface area contributed by atoms with Crippen molar-refractivity contribution in [3.05, 3.63) is 29.3 Å². The molecule has 3 rings (SSSR count). The molecule has 0 N–H and O–H groups in total. The molecule has 0 unspecified atom stereocenters. The third-order valence-corrected chi connectivity index (χ3v) is 5.27. The fraction of sp³-hybridized carbons (Fsp3) is 0.565. The number of fused-ring (bicyclic) bond motifs is 1. The number of amides is 1. The highest BCUT2D eigenvalue weighted by Crippen LogP contribution is 2.35. The number of likely N-dealkylation sites (tertiary alicyclic amines) is 1. The van der Waals surface area contributed by atoms with Crippen LogP contribution >= 0.6 is 0 Å². The second-order valence-corrected chi connectivity index (χ2v) is 7.65. The van der Waals surface area contributed by atoms with Gasteiger partial charge in [-0.1, -0.05) is 19.3 Å². The highest BCUT2D eigenvalue weighted by atomic mass is 16.5. The van der Waals surface area contributed by atoms with Gasteiger partial charge in [0.05, 0.1) is 6.61 Å². The van der Waals surface area contributed by atoms with Crippen molar-refractivity contribution in [2.24, 2.45) is 0 Å². The van der Waals surface area contributed by atoms with Gasteiger partial charge in [0.25, 0.3) is 5.91 Å². The fourth-order valence-electron chi connectivity index (χ4n) is 3.79. The zero-order valence-corrected chi connectivity index (χ0v) is 17.4. The van der Waals surface area contributed by atoms with Gasteiger partial charge in [0.1, 0.15) is 17.6 Å². The predicted octanol–water partition coefficient (Wildman–Crippen LogP) is 3.76. The van der Waals surface area contributed by atoms with Crippen molar-refractivity contribution in [1.29, 1.82) is 0 Å². The van der Waals surface area contributed by atoms with E-state index in [0.717, 1.165) is 62.1 Å². The first-order valence-corrected chi connectivity index (χ1v) is 10.7. The van der Waals surface area contributed by atoms with Gasteiger partial charge in [-0.3, -0.25) is 4.79 Å². The van der Waals surface area contributed by atoms with Gasteiger partial charge in [0.2, 0.25) is 0 Å². The average Bonchev–Trinajstić information content (AvgIpc) is 3.03. The van der Waals surface area contributed by atoms with E-state index in [1.807, 2.05) is 30.9 Å². The van der Waals surface area contributed by atoms with Crippen molar-refractivity contribution >= 4 is 18.0 Å². The van der Waals surface area contributed by atoms with Crippen LogP contribution in [-0.2, 0) is 20.7 Å². The molecule has 1 aromatic rings. The van der Waals surface area contributed by atoms with Crippen LogP contribution in [0.1, 0.15) is 57.1 Å². The van der Waals surface area contributed by atoms with Gasteiger partial charge in [-0.2, -0.15) is 0 Å². The third-order valence-electron chi connectivity index (χ3n) is 5.27. The molecular formula is C23H31NO5. The Morgan fingerprint density at radius 1 is 1.17 bits per heavy atom. The van der Waals surface area contributed by atoms with Crippen LogP contribution in [0, 0.1) is 0 Å². The fourth-order valence-corrected chi connectivity index (χ4v) is 3.79. The third kappa shape index (κ3) is 5.99. The molecule has 2 aliphatic rings. The Morgan fingerprint density at radius 3 is 2.62 bits per heavy atom. The van der Waals surface area contributed by atoms with E-state index in [4.69, 9.17) is 14.2 Å². The molecule has 2 aliphatic heterocycles. The number of hydrogen-bond donors (Lipinski definition) is 0. The quantitative estimate of drug-likeness (QED) is 0.536. The molecule has 1 amide bonds. The maximum Gasteiger partial charge on any atom is 0.331 e. The van der Waals surface area contributed by atoms with Crippen molar-refractivity contribution in [2.45, 2.75) is 58.5 Å². The lowest BCUT2D eigenvalue weighted by Crippen LogP contribution is -2.36. The average molecular weight is 402 g/mol. The molecule has 0 bridgehead atoms. The summed E-state index contributed by atoms with van der Waals surface area (Å²) < 4.78 is 16.7. The summed E-state index contributed by atoms with van der Waals surface area (Å²) in [7, 11) is 0. The van der Waals surface area contributed by atoms with Crippen molar-refractivity contribution in [3.8, 4) is 11.5 Å². The first kappa shape index (κ1) is 21.2. The van der Waals surface area contributed by atoms with Gasteiger partial charge >= 0.3 is 5.97 Å². The smallest absolute Gasteiger partial charge is 0.331 e. The molecule has 6 heteroatoms. The van der Waals surface area contributed by atoms with Crippen molar-refractivity contribution < 1.29 is 23.8 Å². The Labute approximate surface area is 172 Å². The van der Waals surface area contributed by atoms with Gasteiger partial charge in [0.15, 0.2) is 6.61 Å². The number of hydrogen-bond acceptors (Lipinski definition) is 5. The molecular weight excluding hydrogens is 370 g/mol. The Balaban J connectivity index is 1.57. The largest absolute Gasteiger partial charge is 0.493 e. The van der Waals surface area contributed by atoms with E-state index >= 15 is 0 Å². The second-order valence-electron chi connectivity index (χ2n) is 7.65. The van der Waals surface area contributed by atoms with Gasteiger partial charge in [-0.25, -0.2) is 4.79 Å². The Kier molecular flexibility index (Phi) is 7.55. The zero-order valence-electron chi connectivity index (χ0n) is 17.4. The van der Waals surface area contributed by atoms with Crippen molar-refractivity contribution in [3.63, 3.8) is 0 Å². The summed E-state index contributed by atoms with van der Waals surface area (Å²) in [6, 6.07) is 3.86. The SMILES string of the molecule is CCOc1cc2c(cc1/C=C/C(=O)OCC(=O)N1CCCCCCC1)O[C@H](C)C2. The number of rotatable bonds is 6. The second kappa shape index (κ2) is 10.3. The van der Waals surface area contributed by atoms with E-state index in [0.29, 0.717) is 12.4 Å². The maximum absolute atomic E-state index is 12.3. The molecule has 1 aromatic carbocycles. The molecule has 0 aliphatic carbocycles. The topological polar surface area (TPSA) is 65.1 Å². The van der Waals surface area contributed by atoms with Crippen molar-refractivity contribution in [2.75, 3.05) is 26.3 Å². The maximum atomic E-state index is 12.3. The van der Waals surface area contributed by atoms with Gasteiger partial charge in [-0.05, 0) is 44.9 Å². The number of benzene rings is 1. The number of carbonyl (C=O) groups excluding carboxylic acids is 2. The van der Waals surface area contributed by atoms with Crippen LogP contribution in [0.15, 0.2) is 18.2 Å². The van der Waals surface area contributed by atoms with Crippen LogP contribution in [0.2, 0.25) is 0 Å². The van der Waals surface area contributed by atoms with E-state index in [-0.39, 0.29) is 18.6 Å². The van der Waals surface area contributed by atoms with Crippen LogP contribution in [-0.4, -0.2) is 49.2 Å². The Morgan fingerprint density at radius 2 is 1.90 bits per heavy atom. The van der Waals surface area contributed by atoms with E-state index < -0.39 is 5.97 Å². The summed E-state index contributed by atoms with van der Waals surface area (Å²) in [6.45, 7) is 5.76. The minimum absolute atomic E-state index is 0.122. The lowest BCUT2D eigenvalue weighted by molar-refractivity contribution is -0.148. The van der Waals surface area contributed by atoms with Gasteiger partial charge in [-0.15, -0.1) is 0 Å². The molecule has 2 heterocycles. The minimum atomic E-state index is -0.539. The van der Waals surface area contributed by atoms with Crippen LogP contribution < -0.4 is 9.47 Å². The molecule has 0 spiro atoms. The Bertz CT molecular complexity index is 750. The van der Waals surface area contributed by atoms with E-state index in [2.05, 4.69) is 0 Å². The molecule has 158 valence electrons. The lowest BCUT2D eigenvalue weighted by Gasteiger charge is -2.24. The Hall–Kier alpha value is -2.50. The van der Waals surface area contributed by atoms with Crippen LogP contribution in [0.4, 0.5) is 0 Å². The molecule has 29 heavy (non-hydrogen) atoms. The highest BCUT2D eigenvalue weighted by molar-refractivity contribution is 5.89. The summed E-state index contributed by atoms with van der Waals surface area (Å²) in [5, 5.41) is 0. The first-order valence-electron chi connectivity index (χ1n) is 10.7. The highest BCUT2D eigenvalue weighted by Gasteiger charge is 2.21. The standard InChI is InChI=1S/C23H31NO5/c1-3-27-20-15-19-13-17(2)29-21(19)14-18(20)9-10-23(26)28-16-22(25)24-11-7-5-4-6-8-12-24/h9-10,14-15,17H,3-8,11-13,16H2,1-2H3/b10-9+/t17-/m1/s1. The summed E-state index contributed by atoms with van der Waals surface area (Å²) in [5.74, 6) is 0.872. The molecule has 0 saturated carbocycles.